The van der Waals surface area contributed by atoms with E-state index in [0.717, 1.165) is 12.1 Å². The Hall–Kier alpha value is -4.56. The number of hydrogen-bond donors (Lipinski definition) is 1. The van der Waals surface area contributed by atoms with Gasteiger partial charge >= 0.3 is 5.97 Å². The van der Waals surface area contributed by atoms with E-state index in [1.807, 2.05) is 50.4 Å². The van der Waals surface area contributed by atoms with Gasteiger partial charge in [-0.05, 0) is 83.7 Å². The lowest BCUT2D eigenvalue weighted by atomic mass is 9.91. The molecule has 14 heteroatoms. The fraction of sp³-hybridized carbons (Fsp3) is 0.439. The maximum atomic E-state index is 14.9. The monoisotopic (exact) mass is 777 g/mol. The second kappa shape index (κ2) is 15.2. The Morgan fingerprint density at radius 1 is 1.11 bits per heavy atom. The van der Waals surface area contributed by atoms with E-state index in [1.165, 1.54) is 0 Å². The summed E-state index contributed by atoms with van der Waals surface area (Å²) in [6.07, 6.45) is 2.94. The Bertz CT molecular complexity index is 2210. The van der Waals surface area contributed by atoms with Gasteiger partial charge in [0.05, 0.1) is 37.6 Å². The van der Waals surface area contributed by atoms with Crippen molar-refractivity contribution in [1.82, 2.24) is 19.2 Å². The molecule has 55 heavy (non-hydrogen) atoms. The average molecular weight is 778 g/mol. The van der Waals surface area contributed by atoms with Crippen molar-refractivity contribution in [3.8, 4) is 28.1 Å². The topological polar surface area (TPSA) is 113 Å². The van der Waals surface area contributed by atoms with Crippen molar-refractivity contribution >= 4 is 29.0 Å². The molecule has 0 amide bonds. The molecule has 6 heterocycles. The first-order chi connectivity index (χ1) is 26.1. The number of imidazole rings is 1. The fourth-order valence-corrected chi connectivity index (χ4v) is 7.74. The molecule has 1 fully saturated rings. The summed E-state index contributed by atoms with van der Waals surface area (Å²) in [5, 5.41) is 15.5. The van der Waals surface area contributed by atoms with Crippen LogP contribution in [0.5, 0.6) is 5.75 Å². The third-order valence-corrected chi connectivity index (χ3v) is 10.5. The molecular formula is C41H46ClF2N5O6. The number of nitrogens with zero attached hydrogens (tertiary/aromatic N) is 5. The molecule has 292 valence electrons. The van der Waals surface area contributed by atoms with E-state index in [4.69, 9.17) is 35.5 Å². The van der Waals surface area contributed by atoms with Crippen LogP contribution in [-0.4, -0.2) is 80.5 Å². The predicted molar refractivity (Wildman–Crippen MR) is 205 cm³/mol. The van der Waals surface area contributed by atoms with Gasteiger partial charge in [-0.15, -0.1) is 0 Å². The molecule has 8 rings (SSSR count). The SMILES string of the molecule is Cc1c([C@H](OC(C)(C)C)C(=O)O)c2n3c(Cl)c(nc3c1Cn1cccn1)-c1cccc(c1)-c1cc(F)c(F)cc1O[C@@H](C)COCCOC1(C)CCN2CC1. The number of anilines is 1. The van der Waals surface area contributed by atoms with E-state index >= 15 is 0 Å². The Morgan fingerprint density at radius 3 is 2.53 bits per heavy atom. The van der Waals surface area contributed by atoms with Gasteiger partial charge < -0.3 is 29.0 Å². The van der Waals surface area contributed by atoms with E-state index in [-0.39, 0.29) is 24.1 Å². The minimum atomic E-state index is -1.36. The molecule has 0 radical (unpaired) electrons. The zero-order valence-electron chi connectivity index (χ0n) is 31.9. The lowest BCUT2D eigenvalue weighted by Crippen LogP contribution is -2.46. The summed E-state index contributed by atoms with van der Waals surface area (Å²) in [5.74, 6) is -2.48. The van der Waals surface area contributed by atoms with Crippen molar-refractivity contribution < 1.29 is 37.6 Å². The number of pyridine rings is 1. The minimum absolute atomic E-state index is 0.152. The molecule has 0 spiro atoms. The maximum Gasteiger partial charge on any atom is 0.337 e. The maximum absolute atomic E-state index is 14.9. The summed E-state index contributed by atoms with van der Waals surface area (Å²) in [6, 6.07) is 11.2. The molecule has 0 aliphatic carbocycles. The molecule has 3 aromatic heterocycles. The standard InChI is InChI=1S/C41H46ClF2N5O6/c1-24-23-52-17-18-53-41(6)11-15-47(16-12-41)38-33(35(39(50)51)55-40(3,4)5)25(2)29(22-48-14-8-13-45-48)37-46-34(36(42)49(37)38)27-10-7-9-26(19-27)28-20-30(43)31(44)21-32(28)54-24/h7-10,13-14,19-21,24,35H,11-12,15-18,22-23H2,1-6H3,(H,50,51)/t24-,35-/m0/s1. The van der Waals surface area contributed by atoms with Gasteiger partial charge in [0.1, 0.15) is 34.2 Å². The number of carbonyl (C=O) groups is 1. The van der Waals surface area contributed by atoms with Crippen LogP contribution in [0.25, 0.3) is 28.0 Å². The second-order valence-electron chi connectivity index (χ2n) is 15.5. The van der Waals surface area contributed by atoms with Crippen LogP contribution in [0.4, 0.5) is 14.6 Å². The summed E-state index contributed by atoms with van der Waals surface area (Å²) in [7, 11) is 0. The highest BCUT2D eigenvalue weighted by molar-refractivity contribution is 6.32. The van der Waals surface area contributed by atoms with Crippen molar-refractivity contribution in [3.63, 3.8) is 0 Å². The molecule has 2 atom stereocenters. The first-order valence-corrected chi connectivity index (χ1v) is 18.8. The molecule has 11 nitrogen and oxygen atoms in total. The number of hydrogen-bond acceptors (Lipinski definition) is 8. The molecule has 5 aromatic rings. The van der Waals surface area contributed by atoms with Gasteiger partial charge in [0.2, 0.25) is 0 Å². The van der Waals surface area contributed by atoms with Gasteiger partial charge in [-0.25, -0.2) is 18.6 Å². The average Bonchev–Trinajstić information content (AvgIpc) is 3.77. The summed E-state index contributed by atoms with van der Waals surface area (Å²) in [4.78, 5) is 20.6. The lowest BCUT2D eigenvalue weighted by Gasteiger charge is -2.42. The fourth-order valence-electron chi connectivity index (χ4n) is 7.42. The largest absolute Gasteiger partial charge is 0.488 e. The predicted octanol–water partition coefficient (Wildman–Crippen LogP) is 8.27. The lowest BCUT2D eigenvalue weighted by molar-refractivity contribution is -0.160. The number of halogens is 3. The number of piperidine rings is 1. The zero-order valence-corrected chi connectivity index (χ0v) is 32.6. The van der Waals surface area contributed by atoms with E-state index in [2.05, 4.69) is 16.9 Å². The van der Waals surface area contributed by atoms with Crippen molar-refractivity contribution in [3.05, 3.63) is 88.3 Å². The van der Waals surface area contributed by atoms with E-state index in [0.29, 0.717) is 89.7 Å². The van der Waals surface area contributed by atoms with Crippen LogP contribution in [0.1, 0.15) is 70.3 Å². The molecule has 0 saturated carbocycles. The Balaban J connectivity index is 1.51. The third kappa shape index (κ3) is 7.93. The summed E-state index contributed by atoms with van der Waals surface area (Å²) in [6.45, 7) is 13.4. The van der Waals surface area contributed by atoms with Crippen molar-refractivity contribution in [2.75, 3.05) is 37.8 Å². The van der Waals surface area contributed by atoms with Gasteiger partial charge in [0.25, 0.3) is 0 Å². The second-order valence-corrected chi connectivity index (χ2v) is 15.9. The van der Waals surface area contributed by atoms with Crippen LogP contribution < -0.4 is 9.64 Å². The molecule has 2 aromatic carbocycles. The van der Waals surface area contributed by atoms with E-state index < -0.39 is 41.0 Å². The number of rotatable bonds is 5. The Labute approximate surface area is 323 Å². The Kier molecular flexibility index (Phi) is 10.7. The molecule has 3 aliphatic rings. The molecule has 6 bridgehead atoms. The van der Waals surface area contributed by atoms with Crippen LogP contribution in [0.15, 0.2) is 54.9 Å². The van der Waals surface area contributed by atoms with Crippen LogP contribution in [0, 0.1) is 18.6 Å². The first-order valence-electron chi connectivity index (χ1n) is 18.5. The van der Waals surface area contributed by atoms with Crippen molar-refractivity contribution in [2.45, 2.75) is 84.3 Å². The number of ether oxygens (including phenoxy) is 4. The molecule has 1 N–H and O–H groups in total. The molecule has 1 saturated heterocycles. The molecule has 3 aliphatic heterocycles. The van der Waals surface area contributed by atoms with E-state index in [9.17, 15) is 18.7 Å². The number of benzene rings is 2. The highest BCUT2D eigenvalue weighted by Gasteiger charge is 2.39. The minimum Gasteiger partial charge on any atom is -0.488 e. The summed E-state index contributed by atoms with van der Waals surface area (Å²) in [5.41, 5.74) is 3.00. The van der Waals surface area contributed by atoms with Gasteiger partial charge in [0.15, 0.2) is 17.7 Å². The highest BCUT2D eigenvalue weighted by atomic mass is 35.5. The van der Waals surface area contributed by atoms with E-state index in [1.54, 1.807) is 36.0 Å². The number of aromatic nitrogens is 4. The van der Waals surface area contributed by atoms with Gasteiger partial charge in [-0.2, -0.15) is 5.10 Å². The smallest absolute Gasteiger partial charge is 0.337 e. The highest BCUT2D eigenvalue weighted by Crippen LogP contribution is 2.44. The number of carboxylic acid groups (broad SMARTS) is 1. The summed E-state index contributed by atoms with van der Waals surface area (Å²) >= 11 is 7.48. The van der Waals surface area contributed by atoms with Gasteiger partial charge in [-0.3, -0.25) is 9.08 Å². The third-order valence-electron chi connectivity index (χ3n) is 10.2. The summed E-state index contributed by atoms with van der Waals surface area (Å²) < 4.78 is 57.9. The van der Waals surface area contributed by atoms with Crippen molar-refractivity contribution in [2.24, 2.45) is 0 Å². The number of aliphatic carboxylic acids is 1. The molecule has 0 unspecified atom stereocenters. The van der Waals surface area contributed by atoms with Crippen LogP contribution >= 0.6 is 11.6 Å². The zero-order chi connectivity index (χ0) is 39.2. The Morgan fingerprint density at radius 2 is 1.84 bits per heavy atom. The van der Waals surface area contributed by atoms with Crippen LogP contribution in [0.2, 0.25) is 5.15 Å². The number of fused-ring (bicyclic) bond motifs is 8. The van der Waals surface area contributed by atoms with Crippen LogP contribution in [-0.2, 0) is 25.5 Å². The first kappa shape index (κ1) is 38.7. The normalized spacial score (nSPS) is 20.0. The molecular weight excluding hydrogens is 732 g/mol. The quantitative estimate of drug-likeness (QED) is 0.176. The van der Waals surface area contributed by atoms with Crippen LogP contribution in [0.3, 0.4) is 0 Å². The van der Waals surface area contributed by atoms with Crippen molar-refractivity contribution in [1.29, 1.82) is 0 Å². The number of carboxylic acids is 1. The van der Waals surface area contributed by atoms with Gasteiger partial charge in [-0.1, -0.05) is 29.8 Å². The van der Waals surface area contributed by atoms with Gasteiger partial charge in [0, 0.05) is 53.8 Å².